The highest BCUT2D eigenvalue weighted by Gasteiger charge is 2.33. The molecule has 1 saturated carbocycles. The summed E-state index contributed by atoms with van der Waals surface area (Å²) in [5, 5.41) is 9.25. The zero-order chi connectivity index (χ0) is 14.8. The van der Waals surface area contributed by atoms with Gasteiger partial charge in [0.05, 0.1) is 0 Å². The van der Waals surface area contributed by atoms with Crippen molar-refractivity contribution in [1.82, 2.24) is 9.47 Å². The van der Waals surface area contributed by atoms with Crippen molar-refractivity contribution in [2.45, 2.75) is 57.5 Å². The van der Waals surface area contributed by atoms with Gasteiger partial charge in [-0.25, -0.2) is 4.79 Å². The minimum Gasteiger partial charge on any atom is -0.477 e. The third-order valence-electron chi connectivity index (χ3n) is 5.50. The summed E-state index contributed by atoms with van der Waals surface area (Å²) in [6.07, 6.45) is 9.49. The van der Waals surface area contributed by atoms with Gasteiger partial charge in [-0.1, -0.05) is 19.8 Å². The van der Waals surface area contributed by atoms with Crippen LogP contribution in [0.3, 0.4) is 0 Å². The lowest BCUT2D eigenvalue weighted by molar-refractivity contribution is 0.0672. The standard InChI is InChI=1S/C17H26N2O2/c1-2-13-5-3-6-15(13)18-11-8-14(9-12-18)19-10-4-7-16(19)17(20)21/h4,7,10,13-15H,2-3,5-6,8-9,11-12H2,1H3,(H,20,21). The van der Waals surface area contributed by atoms with Crippen LogP contribution in [0.15, 0.2) is 18.3 Å². The molecule has 4 heteroatoms. The first-order valence-electron chi connectivity index (χ1n) is 8.35. The van der Waals surface area contributed by atoms with Crippen molar-refractivity contribution >= 4 is 5.97 Å². The molecule has 0 spiro atoms. The van der Waals surface area contributed by atoms with Crippen molar-refractivity contribution < 1.29 is 9.90 Å². The summed E-state index contributed by atoms with van der Waals surface area (Å²) < 4.78 is 1.96. The van der Waals surface area contributed by atoms with E-state index in [9.17, 15) is 9.90 Å². The first-order valence-corrected chi connectivity index (χ1v) is 8.35. The Morgan fingerprint density at radius 2 is 2.05 bits per heavy atom. The fourth-order valence-corrected chi connectivity index (χ4v) is 4.36. The zero-order valence-electron chi connectivity index (χ0n) is 12.9. The van der Waals surface area contributed by atoms with E-state index in [1.165, 1.54) is 25.7 Å². The average Bonchev–Trinajstić information content (AvgIpc) is 3.16. The second-order valence-electron chi connectivity index (χ2n) is 6.54. The highest BCUT2D eigenvalue weighted by Crippen LogP contribution is 2.35. The van der Waals surface area contributed by atoms with Gasteiger partial charge in [0.2, 0.25) is 0 Å². The Labute approximate surface area is 126 Å². The number of carboxylic acids is 1. The lowest BCUT2D eigenvalue weighted by atomic mass is 9.95. The van der Waals surface area contributed by atoms with Gasteiger partial charge in [0.1, 0.15) is 5.69 Å². The molecule has 2 fully saturated rings. The van der Waals surface area contributed by atoms with Crippen molar-refractivity contribution in [2.24, 2.45) is 5.92 Å². The summed E-state index contributed by atoms with van der Waals surface area (Å²) in [4.78, 5) is 13.9. The van der Waals surface area contributed by atoms with Crippen molar-refractivity contribution in [1.29, 1.82) is 0 Å². The Morgan fingerprint density at radius 1 is 1.29 bits per heavy atom. The molecule has 1 aliphatic carbocycles. The number of hydrogen-bond donors (Lipinski definition) is 1. The molecule has 21 heavy (non-hydrogen) atoms. The summed E-state index contributed by atoms with van der Waals surface area (Å²) >= 11 is 0. The number of likely N-dealkylation sites (tertiary alicyclic amines) is 1. The molecule has 1 aromatic heterocycles. The number of carboxylic acid groups (broad SMARTS) is 1. The van der Waals surface area contributed by atoms with E-state index in [0.717, 1.165) is 37.9 Å². The number of aromatic nitrogens is 1. The van der Waals surface area contributed by atoms with Crippen LogP contribution in [0, 0.1) is 5.92 Å². The molecule has 3 rings (SSSR count). The summed E-state index contributed by atoms with van der Waals surface area (Å²) in [5.74, 6) is 0.0620. The number of nitrogens with zero attached hydrogens (tertiary/aromatic N) is 2. The van der Waals surface area contributed by atoms with Gasteiger partial charge in [0, 0.05) is 31.4 Å². The maximum Gasteiger partial charge on any atom is 0.352 e. The molecule has 4 nitrogen and oxygen atoms in total. The van der Waals surface area contributed by atoms with Crippen molar-refractivity contribution in [2.75, 3.05) is 13.1 Å². The van der Waals surface area contributed by atoms with Crippen LogP contribution < -0.4 is 0 Å². The third-order valence-corrected chi connectivity index (χ3v) is 5.50. The van der Waals surface area contributed by atoms with Crippen LogP contribution in [0.4, 0.5) is 0 Å². The summed E-state index contributed by atoms with van der Waals surface area (Å²) in [7, 11) is 0. The minimum absolute atomic E-state index is 0.351. The van der Waals surface area contributed by atoms with Crippen LogP contribution in [0.1, 0.15) is 62.0 Å². The smallest absolute Gasteiger partial charge is 0.352 e. The molecule has 1 saturated heterocycles. The molecule has 2 atom stereocenters. The van der Waals surface area contributed by atoms with Gasteiger partial charge in [-0.15, -0.1) is 0 Å². The van der Waals surface area contributed by atoms with Crippen LogP contribution in [-0.2, 0) is 0 Å². The average molecular weight is 290 g/mol. The number of rotatable bonds is 4. The van der Waals surface area contributed by atoms with Crippen LogP contribution in [-0.4, -0.2) is 39.7 Å². The molecule has 1 aliphatic heterocycles. The molecule has 0 amide bonds. The summed E-state index contributed by atoms with van der Waals surface area (Å²) in [6, 6.07) is 4.68. The molecule has 2 heterocycles. The van der Waals surface area contributed by atoms with E-state index in [0.29, 0.717) is 11.7 Å². The number of aromatic carboxylic acids is 1. The normalized spacial score (nSPS) is 28.0. The van der Waals surface area contributed by atoms with Crippen molar-refractivity contribution in [3.05, 3.63) is 24.0 Å². The quantitative estimate of drug-likeness (QED) is 0.924. The van der Waals surface area contributed by atoms with Gasteiger partial charge in [0.15, 0.2) is 0 Å². The van der Waals surface area contributed by atoms with Crippen LogP contribution in [0.25, 0.3) is 0 Å². The molecule has 2 unspecified atom stereocenters. The van der Waals surface area contributed by atoms with Crippen LogP contribution >= 0.6 is 0 Å². The first-order chi connectivity index (χ1) is 10.2. The summed E-state index contributed by atoms with van der Waals surface area (Å²) in [5.41, 5.74) is 0.431. The Kier molecular flexibility index (Phi) is 4.34. The van der Waals surface area contributed by atoms with Crippen molar-refractivity contribution in [3.63, 3.8) is 0 Å². The molecule has 0 bridgehead atoms. The van der Waals surface area contributed by atoms with Crippen LogP contribution in [0.2, 0.25) is 0 Å². The van der Waals surface area contributed by atoms with E-state index < -0.39 is 5.97 Å². The predicted molar refractivity (Wildman–Crippen MR) is 82.7 cm³/mol. The largest absolute Gasteiger partial charge is 0.477 e. The zero-order valence-corrected chi connectivity index (χ0v) is 12.9. The van der Waals surface area contributed by atoms with E-state index in [4.69, 9.17) is 0 Å². The minimum atomic E-state index is -0.815. The molecule has 0 radical (unpaired) electrons. The Morgan fingerprint density at radius 3 is 2.71 bits per heavy atom. The molecular formula is C17H26N2O2. The Bertz CT molecular complexity index is 489. The molecule has 0 aromatic carbocycles. The maximum atomic E-state index is 11.2. The first kappa shape index (κ1) is 14.6. The Balaban J connectivity index is 1.62. The topological polar surface area (TPSA) is 45.5 Å². The van der Waals surface area contributed by atoms with E-state index in [1.54, 1.807) is 6.07 Å². The molecule has 2 aliphatic rings. The molecule has 1 aromatic rings. The predicted octanol–water partition coefficient (Wildman–Crippen LogP) is 3.40. The van der Waals surface area contributed by atoms with E-state index in [1.807, 2.05) is 16.8 Å². The monoisotopic (exact) mass is 290 g/mol. The van der Waals surface area contributed by atoms with Gasteiger partial charge in [0.25, 0.3) is 0 Å². The lowest BCUT2D eigenvalue weighted by Gasteiger charge is -2.39. The highest BCUT2D eigenvalue weighted by molar-refractivity contribution is 5.85. The highest BCUT2D eigenvalue weighted by atomic mass is 16.4. The molecule has 116 valence electrons. The SMILES string of the molecule is CCC1CCCC1N1CCC(n2cccc2C(=O)O)CC1. The van der Waals surface area contributed by atoms with Gasteiger partial charge in [-0.05, 0) is 43.7 Å². The van der Waals surface area contributed by atoms with Gasteiger partial charge < -0.3 is 9.67 Å². The van der Waals surface area contributed by atoms with Gasteiger partial charge >= 0.3 is 5.97 Å². The van der Waals surface area contributed by atoms with E-state index >= 15 is 0 Å². The van der Waals surface area contributed by atoms with E-state index in [-0.39, 0.29) is 0 Å². The number of carbonyl (C=O) groups is 1. The third kappa shape index (κ3) is 2.86. The van der Waals surface area contributed by atoms with Gasteiger partial charge in [-0.3, -0.25) is 4.90 Å². The van der Waals surface area contributed by atoms with Crippen molar-refractivity contribution in [3.8, 4) is 0 Å². The second-order valence-corrected chi connectivity index (χ2v) is 6.54. The second kappa shape index (κ2) is 6.22. The fraction of sp³-hybridized carbons (Fsp3) is 0.706. The number of hydrogen-bond acceptors (Lipinski definition) is 2. The summed E-state index contributed by atoms with van der Waals surface area (Å²) in [6.45, 7) is 4.54. The fourth-order valence-electron chi connectivity index (χ4n) is 4.36. The maximum absolute atomic E-state index is 11.2. The molecular weight excluding hydrogens is 264 g/mol. The lowest BCUT2D eigenvalue weighted by Crippen LogP contribution is -2.43. The van der Waals surface area contributed by atoms with Crippen LogP contribution in [0.5, 0.6) is 0 Å². The molecule has 1 N–H and O–H groups in total. The Hall–Kier alpha value is -1.29. The van der Waals surface area contributed by atoms with E-state index in [2.05, 4.69) is 11.8 Å². The number of piperidine rings is 1. The van der Waals surface area contributed by atoms with Gasteiger partial charge in [-0.2, -0.15) is 0 Å².